The minimum Gasteiger partial charge on any atom is -0.491 e. The molecule has 0 amide bonds. The number of carbonyl (C=O) groups excluding carboxylic acids is 1. The summed E-state index contributed by atoms with van der Waals surface area (Å²) in [7, 11) is 0. The number of hydrogen-bond donors (Lipinski definition) is 0. The van der Waals surface area contributed by atoms with Crippen LogP contribution >= 0.6 is 0 Å². The molecular formula is C14H16O2. The van der Waals surface area contributed by atoms with Gasteiger partial charge in [0.15, 0.2) is 5.78 Å². The van der Waals surface area contributed by atoms with E-state index >= 15 is 0 Å². The maximum absolute atomic E-state index is 11.5. The van der Waals surface area contributed by atoms with Gasteiger partial charge in [0.1, 0.15) is 5.60 Å². The highest BCUT2D eigenvalue weighted by Crippen LogP contribution is 2.28. The molecule has 1 aliphatic rings. The quantitative estimate of drug-likeness (QED) is 0.759. The summed E-state index contributed by atoms with van der Waals surface area (Å²) in [5.74, 6) is 0.872. The summed E-state index contributed by atoms with van der Waals surface area (Å²) in [4.78, 5) is 11.5. The van der Waals surface area contributed by atoms with Crippen LogP contribution in [-0.4, -0.2) is 11.4 Å². The molecule has 0 N–H and O–H groups in total. The standard InChI is InChI=1S/C14H16O2/c1-11-8-13(15)10-14(2,16-11)9-12-6-4-3-5-7-12/h3-8H,9-10H2,1-2H3. The summed E-state index contributed by atoms with van der Waals surface area (Å²) < 4.78 is 5.79. The highest BCUT2D eigenvalue weighted by molar-refractivity contribution is 5.91. The third-order valence-corrected chi connectivity index (χ3v) is 2.74. The molecule has 1 unspecified atom stereocenters. The van der Waals surface area contributed by atoms with Crippen LogP contribution < -0.4 is 0 Å². The van der Waals surface area contributed by atoms with Crippen LogP contribution in [0.4, 0.5) is 0 Å². The Hall–Kier alpha value is -1.57. The molecule has 0 bridgehead atoms. The van der Waals surface area contributed by atoms with Crippen LogP contribution in [0, 0.1) is 0 Å². The number of carbonyl (C=O) groups is 1. The Morgan fingerprint density at radius 1 is 1.31 bits per heavy atom. The van der Waals surface area contributed by atoms with Crippen molar-refractivity contribution in [3.8, 4) is 0 Å². The van der Waals surface area contributed by atoms with E-state index in [1.54, 1.807) is 6.08 Å². The predicted molar refractivity (Wildman–Crippen MR) is 63.0 cm³/mol. The van der Waals surface area contributed by atoms with Gasteiger partial charge in [0.25, 0.3) is 0 Å². The first kappa shape index (κ1) is 10.9. The van der Waals surface area contributed by atoms with E-state index in [1.807, 2.05) is 32.0 Å². The van der Waals surface area contributed by atoms with E-state index in [-0.39, 0.29) is 5.78 Å². The number of ether oxygens (including phenoxy) is 1. The minimum atomic E-state index is -0.392. The van der Waals surface area contributed by atoms with Gasteiger partial charge in [0.05, 0.1) is 12.2 Å². The van der Waals surface area contributed by atoms with Crippen molar-refractivity contribution in [2.75, 3.05) is 0 Å². The van der Waals surface area contributed by atoms with E-state index in [2.05, 4.69) is 12.1 Å². The number of ketones is 1. The Morgan fingerprint density at radius 2 is 2.00 bits per heavy atom. The molecule has 2 rings (SSSR count). The molecule has 2 nitrogen and oxygen atoms in total. The summed E-state index contributed by atoms with van der Waals surface area (Å²) in [5.41, 5.74) is 0.810. The van der Waals surface area contributed by atoms with E-state index in [0.29, 0.717) is 6.42 Å². The highest BCUT2D eigenvalue weighted by atomic mass is 16.5. The minimum absolute atomic E-state index is 0.155. The second-order valence-corrected chi connectivity index (χ2v) is 4.61. The van der Waals surface area contributed by atoms with E-state index < -0.39 is 5.60 Å². The average Bonchev–Trinajstić information content (AvgIpc) is 2.15. The maximum Gasteiger partial charge on any atom is 0.163 e. The fraction of sp³-hybridized carbons (Fsp3) is 0.357. The second kappa shape index (κ2) is 4.12. The molecule has 1 aliphatic heterocycles. The zero-order valence-electron chi connectivity index (χ0n) is 9.69. The van der Waals surface area contributed by atoms with Gasteiger partial charge >= 0.3 is 0 Å². The fourth-order valence-electron chi connectivity index (χ4n) is 2.23. The molecule has 0 saturated carbocycles. The second-order valence-electron chi connectivity index (χ2n) is 4.61. The van der Waals surface area contributed by atoms with Crippen molar-refractivity contribution in [1.29, 1.82) is 0 Å². The summed E-state index contributed by atoms with van der Waals surface area (Å²) in [6.07, 6.45) is 2.80. The Labute approximate surface area is 95.9 Å². The van der Waals surface area contributed by atoms with Gasteiger partial charge in [0, 0.05) is 12.5 Å². The Bertz CT molecular complexity index is 420. The Balaban J connectivity index is 2.15. The van der Waals surface area contributed by atoms with Gasteiger partial charge in [-0.05, 0) is 19.4 Å². The monoisotopic (exact) mass is 216 g/mol. The van der Waals surface area contributed by atoms with Gasteiger partial charge in [-0.15, -0.1) is 0 Å². The number of allylic oxidation sites excluding steroid dienone is 2. The van der Waals surface area contributed by atoms with Gasteiger partial charge < -0.3 is 4.74 Å². The molecule has 0 fully saturated rings. The van der Waals surface area contributed by atoms with Gasteiger partial charge in [-0.2, -0.15) is 0 Å². The third-order valence-electron chi connectivity index (χ3n) is 2.74. The van der Waals surface area contributed by atoms with Crippen LogP contribution in [0.1, 0.15) is 25.8 Å². The van der Waals surface area contributed by atoms with Gasteiger partial charge in [-0.3, -0.25) is 4.79 Å². The van der Waals surface area contributed by atoms with Crippen molar-refractivity contribution < 1.29 is 9.53 Å². The SMILES string of the molecule is CC1=CC(=O)CC(C)(Cc2ccccc2)O1. The average molecular weight is 216 g/mol. The van der Waals surface area contributed by atoms with E-state index in [9.17, 15) is 4.79 Å². The molecule has 1 heterocycles. The third kappa shape index (κ3) is 2.51. The van der Waals surface area contributed by atoms with Crippen LogP contribution in [0.2, 0.25) is 0 Å². The van der Waals surface area contributed by atoms with Gasteiger partial charge in [-0.25, -0.2) is 0 Å². The molecule has 16 heavy (non-hydrogen) atoms. The van der Waals surface area contributed by atoms with E-state index in [4.69, 9.17) is 4.74 Å². The first-order chi connectivity index (χ1) is 7.57. The Morgan fingerprint density at radius 3 is 2.62 bits per heavy atom. The lowest BCUT2D eigenvalue weighted by Gasteiger charge is -2.33. The van der Waals surface area contributed by atoms with Crippen LogP contribution in [0.5, 0.6) is 0 Å². The van der Waals surface area contributed by atoms with Crippen molar-refractivity contribution in [3.05, 3.63) is 47.7 Å². The lowest BCUT2D eigenvalue weighted by molar-refractivity contribution is -0.122. The number of rotatable bonds is 2. The van der Waals surface area contributed by atoms with Crippen LogP contribution in [0.3, 0.4) is 0 Å². The van der Waals surface area contributed by atoms with Crippen molar-refractivity contribution in [2.24, 2.45) is 0 Å². The van der Waals surface area contributed by atoms with Gasteiger partial charge in [0.2, 0.25) is 0 Å². The van der Waals surface area contributed by atoms with Crippen LogP contribution in [-0.2, 0) is 16.0 Å². The smallest absolute Gasteiger partial charge is 0.163 e. The number of benzene rings is 1. The summed E-state index contributed by atoms with van der Waals surface area (Å²) >= 11 is 0. The zero-order valence-corrected chi connectivity index (χ0v) is 9.69. The largest absolute Gasteiger partial charge is 0.491 e. The van der Waals surface area contributed by atoms with Crippen LogP contribution in [0.15, 0.2) is 42.2 Å². The molecular weight excluding hydrogens is 200 g/mol. The Kier molecular flexibility index (Phi) is 2.82. The fourth-order valence-corrected chi connectivity index (χ4v) is 2.23. The molecule has 84 valence electrons. The van der Waals surface area contributed by atoms with Gasteiger partial charge in [-0.1, -0.05) is 30.3 Å². The van der Waals surface area contributed by atoms with Crippen molar-refractivity contribution in [1.82, 2.24) is 0 Å². The molecule has 0 aliphatic carbocycles. The molecule has 0 radical (unpaired) electrons. The summed E-state index contributed by atoms with van der Waals surface area (Å²) in [5, 5.41) is 0. The highest BCUT2D eigenvalue weighted by Gasteiger charge is 2.32. The number of hydrogen-bond acceptors (Lipinski definition) is 2. The molecule has 0 spiro atoms. The first-order valence-electron chi connectivity index (χ1n) is 5.51. The lowest BCUT2D eigenvalue weighted by Crippen LogP contribution is -2.36. The zero-order chi connectivity index (χ0) is 11.6. The first-order valence-corrected chi connectivity index (χ1v) is 5.51. The summed E-state index contributed by atoms with van der Waals surface area (Å²) in [6, 6.07) is 10.1. The van der Waals surface area contributed by atoms with Crippen molar-refractivity contribution in [2.45, 2.75) is 32.3 Å². The molecule has 1 aromatic carbocycles. The maximum atomic E-state index is 11.5. The molecule has 1 aromatic rings. The molecule has 2 heteroatoms. The van der Waals surface area contributed by atoms with E-state index in [1.165, 1.54) is 5.56 Å². The molecule has 1 atom stereocenters. The van der Waals surface area contributed by atoms with Crippen molar-refractivity contribution >= 4 is 5.78 Å². The van der Waals surface area contributed by atoms with E-state index in [0.717, 1.165) is 12.2 Å². The van der Waals surface area contributed by atoms with Crippen molar-refractivity contribution in [3.63, 3.8) is 0 Å². The predicted octanol–water partition coefficient (Wildman–Crippen LogP) is 2.88. The topological polar surface area (TPSA) is 26.3 Å². The molecule has 0 aromatic heterocycles. The normalized spacial score (nSPS) is 24.9. The van der Waals surface area contributed by atoms with Crippen LogP contribution in [0.25, 0.3) is 0 Å². The summed E-state index contributed by atoms with van der Waals surface area (Å²) in [6.45, 7) is 3.83. The molecule has 0 saturated heterocycles. The lowest BCUT2D eigenvalue weighted by atomic mass is 9.89.